The predicted octanol–water partition coefficient (Wildman–Crippen LogP) is 4.18. The van der Waals surface area contributed by atoms with Crippen LogP contribution in [0.15, 0.2) is 42.5 Å². The summed E-state index contributed by atoms with van der Waals surface area (Å²) in [6, 6.07) is 14.0. The molecule has 0 radical (unpaired) electrons. The zero-order valence-electron chi connectivity index (χ0n) is 11.1. The molecule has 106 valence electrons. The molecule has 0 aliphatic carbocycles. The lowest BCUT2D eigenvalue weighted by Gasteiger charge is -2.41. The standard InChI is InChI=1S/C16H17ClO2S/c17-14-7-6-13(20-14)15(18)16(8-10-19-11-9-16)12-4-2-1-3-5-12/h1-7,15,18H,8-11H2. The summed E-state index contributed by atoms with van der Waals surface area (Å²) in [5.74, 6) is 0. The third-order valence-corrected chi connectivity index (χ3v) is 5.40. The minimum absolute atomic E-state index is 0.270. The highest BCUT2D eigenvalue weighted by atomic mass is 35.5. The molecule has 1 aromatic heterocycles. The quantitative estimate of drug-likeness (QED) is 0.921. The van der Waals surface area contributed by atoms with Crippen LogP contribution < -0.4 is 0 Å². The van der Waals surface area contributed by atoms with Gasteiger partial charge in [0.15, 0.2) is 0 Å². The van der Waals surface area contributed by atoms with Crippen molar-refractivity contribution in [1.82, 2.24) is 0 Å². The Bertz CT molecular complexity index is 561. The van der Waals surface area contributed by atoms with Gasteiger partial charge in [-0.15, -0.1) is 11.3 Å². The molecule has 2 nitrogen and oxygen atoms in total. The first-order chi connectivity index (χ1) is 9.72. The van der Waals surface area contributed by atoms with Crippen LogP contribution in [-0.4, -0.2) is 18.3 Å². The molecule has 1 atom stereocenters. The van der Waals surface area contributed by atoms with Crippen LogP contribution in [0, 0.1) is 0 Å². The van der Waals surface area contributed by atoms with Crippen molar-refractivity contribution in [1.29, 1.82) is 0 Å². The molecule has 1 aliphatic rings. The number of rotatable bonds is 3. The summed E-state index contributed by atoms with van der Waals surface area (Å²) in [4.78, 5) is 0.931. The molecule has 0 bridgehead atoms. The molecular formula is C16H17ClO2S. The number of hydrogen-bond donors (Lipinski definition) is 1. The van der Waals surface area contributed by atoms with E-state index in [-0.39, 0.29) is 5.41 Å². The lowest BCUT2D eigenvalue weighted by Crippen LogP contribution is -2.39. The summed E-state index contributed by atoms with van der Waals surface area (Å²) < 4.78 is 6.22. The second-order valence-corrected chi connectivity index (χ2v) is 6.93. The van der Waals surface area contributed by atoms with Crippen molar-refractivity contribution in [3.8, 4) is 0 Å². The van der Waals surface area contributed by atoms with Gasteiger partial charge in [0.25, 0.3) is 0 Å². The second kappa shape index (κ2) is 5.86. The fourth-order valence-electron chi connectivity index (χ4n) is 2.97. The number of halogens is 1. The van der Waals surface area contributed by atoms with Crippen molar-refractivity contribution in [3.63, 3.8) is 0 Å². The van der Waals surface area contributed by atoms with Crippen LogP contribution in [0.3, 0.4) is 0 Å². The van der Waals surface area contributed by atoms with Gasteiger partial charge in [0.2, 0.25) is 0 Å². The lowest BCUT2D eigenvalue weighted by atomic mass is 9.69. The van der Waals surface area contributed by atoms with E-state index in [1.807, 2.05) is 30.3 Å². The average Bonchev–Trinajstić information content (AvgIpc) is 2.94. The summed E-state index contributed by atoms with van der Waals surface area (Å²) in [6.45, 7) is 1.37. The zero-order chi connectivity index (χ0) is 14.0. The van der Waals surface area contributed by atoms with Crippen LogP contribution in [0.25, 0.3) is 0 Å². The van der Waals surface area contributed by atoms with Gasteiger partial charge >= 0.3 is 0 Å². The fraction of sp³-hybridized carbons (Fsp3) is 0.375. The topological polar surface area (TPSA) is 29.5 Å². The lowest BCUT2D eigenvalue weighted by molar-refractivity contribution is -0.0156. The van der Waals surface area contributed by atoms with Crippen LogP contribution in [0.5, 0.6) is 0 Å². The van der Waals surface area contributed by atoms with Crippen LogP contribution in [-0.2, 0) is 10.2 Å². The molecule has 4 heteroatoms. The number of aliphatic hydroxyl groups excluding tert-OH is 1. The SMILES string of the molecule is OC(c1ccc(Cl)s1)C1(c2ccccc2)CCOCC1. The van der Waals surface area contributed by atoms with Crippen LogP contribution >= 0.6 is 22.9 Å². The largest absolute Gasteiger partial charge is 0.387 e. The molecule has 1 N–H and O–H groups in total. The highest BCUT2D eigenvalue weighted by Gasteiger charge is 2.42. The number of thiophene rings is 1. The molecule has 3 rings (SSSR count). The molecule has 2 heterocycles. The van der Waals surface area contributed by atoms with Gasteiger partial charge in [0.1, 0.15) is 0 Å². The maximum absolute atomic E-state index is 11.0. The van der Waals surface area contributed by atoms with E-state index < -0.39 is 6.10 Å². The molecule has 0 saturated carbocycles. The highest BCUT2D eigenvalue weighted by Crippen LogP contribution is 2.46. The van der Waals surface area contributed by atoms with Crippen molar-refractivity contribution >= 4 is 22.9 Å². The van der Waals surface area contributed by atoms with Crippen LogP contribution in [0.2, 0.25) is 4.34 Å². The minimum Gasteiger partial charge on any atom is -0.387 e. The van der Waals surface area contributed by atoms with E-state index in [2.05, 4.69) is 12.1 Å². The molecule has 0 amide bonds. The van der Waals surface area contributed by atoms with Gasteiger partial charge in [-0.3, -0.25) is 0 Å². The maximum Gasteiger partial charge on any atom is 0.0980 e. The van der Waals surface area contributed by atoms with Gasteiger partial charge in [-0.25, -0.2) is 0 Å². The molecule has 1 aliphatic heterocycles. The zero-order valence-corrected chi connectivity index (χ0v) is 12.7. The van der Waals surface area contributed by atoms with Crippen molar-refractivity contribution < 1.29 is 9.84 Å². The van der Waals surface area contributed by atoms with Gasteiger partial charge in [0, 0.05) is 23.5 Å². The first kappa shape index (κ1) is 14.1. The Morgan fingerprint density at radius 2 is 1.80 bits per heavy atom. The van der Waals surface area contributed by atoms with Gasteiger partial charge < -0.3 is 9.84 Å². The van der Waals surface area contributed by atoms with Crippen molar-refractivity contribution in [2.45, 2.75) is 24.4 Å². The summed E-state index contributed by atoms with van der Waals surface area (Å²) in [5, 5.41) is 11.0. The smallest absolute Gasteiger partial charge is 0.0980 e. The minimum atomic E-state index is -0.536. The van der Waals surface area contributed by atoms with E-state index >= 15 is 0 Å². The Balaban J connectivity index is 2.01. The first-order valence-corrected chi connectivity index (χ1v) is 7.98. The van der Waals surface area contributed by atoms with E-state index in [0.29, 0.717) is 17.6 Å². The number of aliphatic hydroxyl groups is 1. The monoisotopic (exact) mass is 308 g/mol. The van der Waals surface area contributed by atoms with Gasteiger partial charge in [-0.2, -0.15) is 0 Å². The van der Waals surface area contributed by atoms with E-state index in [1.165, 1.54) is 16.9 Å². The molecule has 20 heavy (non-hydrogen) atoms. The third-order valence-electron chi connectivity index (χ3n) is 4.12. The normalized spacial score (nSPS) is 19.7. The van der Waals surface area contributed by atoms with E-state index in [0.717, 1.165) is 17.7 Å². The number of hydrogen-bond acceptors (Lipinski definition) is 3. The average molecular weight is 309 g/mol. The second-order valence-electron chi connectivity index (χ2n) is 5.18. The van der Waals surface area contributed by atoms with E-state index in [4.69, 9.17) is 16.3 Å². The molecule has 1 unspecified atom stereocenters. The fourth-order valence-corrected chi connectivity index (χ4v) is 4.14. The molecule has 1 saturated heterocycles. The van der Waals surface area contributed by atoms with E-state index in [1.54, 1.807) is 0 Å². The van der Waals surface area contributed by atoms with Crippen LogP contribution in [0.1, 0.15) is 29.4 Å². The Labute approximate surface area is 128 Å². The van der Waals surface area contributed by atoms with Gasteiger partial charge in [-0.05, 0) is 30.5 Å². The summed E-state index contributed by atoms with van der Waals surface area (Å²) in [6.07, 6.45) is 1.12. The Hall–Kier alpha value is -0.870. The van der Waals surface area contributed by atoms with Crippen molar-refractivity contribution in [2.24, 2.45) is 0 Å². The Morgan fingerprint density at radius 1 is 1.10 bits per heavy atom. The Morgan fingerprint density at radius 3 is 2.40 bits per heavy atom. The first-order valence-electron chi connectivity index (χ1n) is 6.79. The number of benzene rings is 1. The van der Waals surface area contributed by atoms with Crippen LogP contribution in [0.4, 0.5) is 0 Å². The Kier molecular flexibility index (Phi) is 4.13. The summed E-state index contributed by atoms with van der Waals surface area (Å²) in [7, 11) is 0. The summed E-state index contributed by atoms with van der Waals surface area (Å²) in [5.41, 5.74) is 0.911. The maximum atomic E-state index is 11.0. The molecule has 1 aromatic carbocycles. The molecular weight excluding hydrogens is 292 g/mol. The number of ether oxygens (including phenoxy) is 1. The van der Waals surface area contributed by atoms with Crippen molar-refractivity contribution in [2.75, 3.05) is 13.2 Å². The predicted molar refractivity (Wildman–Crippen MR) is 82.5 cm³/mol. The van der Waals surface area contributed by atoms with Gasteiger partial charge in [0.05, 0.1) is 10.4 Å². The highest BCUT2D eigenvalue weighted by molar-refractivity contribution is 7.16. The molecule has 1 fully saturated rings. The molecule has 2 aromatic rings. The third kappa shape index (κ3) is 2.51. The van der Waals surface area contributed by atoms with Gasteiger partial charge in [-0.1, -0.05) is 41.9 Å². The molecule has 0 spiro atoms. The van der Waals surface area contributed by atoms with Crippen molar-refractivity contribution in [3.05, 3.63) is 57.2 Å². The summed E-state index contributed by atoms with van der Waals surface area (Å²) >= 11 is 7.47. The van der Waals surface area contributed by atoms with E-state index in [9.17, 15) is 5.11 Å².